The van der Waals surface area contributed by atoms with Crippen LogP contribution in [0, 0.1) is 6.92 Å². The predicted octanol–water partition coefficient (Wildman–Crippen LogP) is 5.08. The summed E-state index contributed by atoms with van der Waals surface area (Å²) in [7, 11) is 0. The minimum atomic E-state index is -4.40. The quantitative estimate of drug-likeness (QED) is 0.536. The van der Waals surface area contributed by atoms with E-state index in [-0.39, 0.29) is 16.7 Å². The Labute approximate surface area is 198 Å². The molecule has 1 saturated heterocycles. The fourth-order valence-corrected chi connectivity index (χ4v) is 4.21. The van der Waals surface area contributed by atoms with Crippen molar-refractivity contribution in [1.82, 2.24) is 9.88 Å². The summed E-state index contributed by atoms with van der Waals surface area (Å²) in [6.07, 6.45) is -4.40. The molecule has 1 aliphatic rings. The summed E-state index contributed by atoms with van der Waals surface area (Å²) in [5.41, 5.74) is 1.70. The maximum Gasteiger partial charge on any atom is 0.416 e. The Kier molecular flexibility index (Phi) is 6.73. The molecular weight excluding hydrogens is 467 g/mol. The van der Waals surface area contributed by atoms with Gasteiger partial charge in [-0.05, 0) is 37.3 Å². The summed E-state index contributed by atoms with van der Waals surface area (Å²) >= 11 is 1.14. The van der Waals surface area contributed by atoms with Crippen molar-refractivity contribution in [3.05, 3.63) is 70.7 Å². The molecule has 4 rings (SSSR count). The second kappa shape index (κ2) is 9.72. The monoisotopic (exact) mass is 489 g/mol. The zero-order chi connectivity index (χ0) is 24.3. The fourth-order valence-electron chi connectivity index (χ4n) is 3.53. The van der Waals surface area contributed by atoms with E-state index in [9.17, 15) is 22.8 Å². The molecule has 0 bridgehead atoms. The summed E-state index contributed by atoms with van der Waals surface area (Å²) in [4.78, 5) is 32.6. The molecule has 34 heavy (non-hydrogen) atoms. The number of nitrogens with zero attached hydrogens (tertiary/aromatic N) is 3. The highest BCUT2D eigenvalue weighted by Gasteiger charge is 2.31. The van der Waals surface area contributed by atoms with Gasteiger partial charge in [0.15, 0.2) is 5.13 Å². The van der Waals surface area contributed by atoms with Crippen LogP contribution in [0.1, 0.15) is 21.6 Å². The van der Waals surface area contributed by atoms with Gasteiger partial charge in [-0.15, -0.1) is 11.3 Å². The first-order valence-corrected chi connectivity index (χ1v) is 11.4. The number of anilines is 3. The van der Waals surface area contributed by atoms with E-state index in [0.717, 1.165) is 29.0 Å². The Morgan fingerprint density at radius 2 is 1.71 bits per heavy atom. The molecule has 0 saturated carbocycles. The summed E-state index contributed by atoms with van der Waals surface area (Å²) in [5, 5.41) is 7.17. The number of rotatable bonds is 4. The topological polar surface area (TPSA) is 77.6 Å². The molecule has 0 radical (unpaired) electrons. The Morgan fingerprint density at radius 1 is 1.00 bits per heavy atom. The van der Waals surface area contributed by atoms with Crippen LogP contribution >= 0.6 is 11.3 Å². The van der Waals surface area contributed by atoms with Gasteiger partial charge in [-0.3, -0.25) is 10.1 Å². The van der Waals surface area contributed by atoms with Gasteiger partial charge < -0.3 is 15.1 Å². The molecule has 0 spiro atoms. The molecule has 0 unspecified atom stereocenters. The first-order chi connectivity index (χ1) is 16.2. The number of hydrogen-bond acceptors (Lipinski definition) is 5. The van der Waals surface area contributed by atoms with Crippen LogP contribution in [-0.2, 0) is 6.18 Å². The molecule has 1 aliphatic heterocycles. The number of piperazine rings is 1. The minimum Gasteiger partial charge on any atom is -0.368 e. The average Bonchev–Trinajstić information content (AvgIpc) is 3.28. The third kappa shape index (κ3) is 5.66. The number of carbonyl (C=O) groups excluding carboxylic acids is 2. The van der Waals surface area contributed by atoms with Crippen LogP contribution in [-0.4, -0.2) is 48.0 Å². The predicted molar refractivity (Wildman–Crippen MR) is 125 cm³/mol. The summed E-state index contributed by atoms with van der Waals surface area (Å²) in [6, 6.07) is 12.0. The van der Waals surface area contributed by atoms with Crippen LogP contribution in [0.4, 0.5) is 34.5 Å². The molecule has 1 fully saturated rings. The molecule has 2 heterocycles. The smallest absolute Gasteiger partial charge is 0.368 e. The number of carbonyl (C=O) groups is 2. The van der Waals surface area contributed by atoms with Crippen LogP contribution in [0.5, 0.6) is 0 Å². The number of benzene rings is 2. The van der Waals surface area contributed by atoms with Crippen molar-refractivity contribution in [3.8, 4) is 0 Å². The van der Waals surface area contributed by atoms with Crippen molar-refractivity contribution in [2.75, 3.05) is 41.7 Å². The lowest BCUT2D eigenvalue weighted by atomic mass is 10.1. The fraction of sp³-hybridized carbons (Fsp3) is 0.261. The van der Waals surface area contributed by atoms with Gasteiger partial charge in [0, 0.05) is 42.9 Å². The van der Waals surface area contributed by atoms with E-state index < -0.39 is 17.8 Å². The standard InChI is InChI=1S/C23H22F3N5O2S/c1-15-5-7-17(8-6-15)27-21(33)29-22-28-19(14-34-22)20(32)31-11-9-30(10-12-31)18-4-2-3-16(13-18)23(24,25)26/h2-8,13-14H,9-12H2,1H3,(H2,27,28,29,33). The minimum absolute atomic E-state index is 0.211. The van der Waals surface area contributed by atoms with Crippen molar-refractivity contribution in [3.63, 3.8) is 0 Å². The lowest BCUT2D eigenvalue weighted by molar-refractivity contribution is -0.137. The molecule has 0 aliphatic carbocycles. The number of halogens is 3. The number of urea groups is 1. The Bertz CT molecular complexity index is 1170. The van der Waals surface area contributed by atoms with Crippen LogP contribution in [0.3, 0.4) is 0 Å². The van der Waals surface area contributed by atoms with Gasteiger partial charge >= 0.3 is 12.2 Å². The SMILES string of the molecule is Cc1ccc(NC(=O)Nc2nc(C(=O)N3CCN(c4cccc(C(F)(F)F)c4)CC3)cs2)cc1. The van der Waals surface area contributed by atoms with E-state index in [4.69, 9.17) is 0 Å². The van der Waals surface area contributed by atoms with Gasteiger partial charge in [-0.25, -0.2) is 9.78 Å². The van der Waals surface area contributed by atoms with E-state index >= 15 is 0 Å². The van der Waals surface area contributed by atoms with Crippen LogP contribution < -0.4 is 15.5 Å². The van der Waals surface area contributed by atoms with Gasteiger partial charge in [-0.2, -0.15) is 13.2 Å². The molecule has 2 aromatic carbocycles. The van der Waals surface area contributed by atoms with E-state index in [1.54, 1.807) is 28.5 Å². The highest BCUT2D eigenvalue weighted by Crippen LogP contribution is 2.32. The third-order valence-corrected chi connectivity index (χ3v) is 6.12. The van der Waals surface area contributed by atoms with E-state index in [1.165, 1.54) is 6.07 Å². The van der Waals surface area contributed by atoms with Gasteiger partial charge in [0.05, 0.1) is 5.56 Å². The number of thiazole rings is 1. The Hall–Kier alpha value is -3.60. The van der Waals surface area contributed by atoms with Crippen molar-refractivity contribution in [2.24, 2.45) is 0 Å². The van der Waals surface area contributed by atoms with E-state index in [2.05, 4.69) is 15.6 Å². The van der Waals surface area contributed by atoms with Gasteiger partial charge in [-0.1, -0.05) is 23.8 Å². The number of aryl methyl sites for hydroxylation is 1. The molecule has 7 nitrogen and oxygen atoms in total. The molecule has 0 atom stereocenters. The zero-order valence-electron chi connectivity index (χ0n) is 18.2. The normalized spacial score (nSPS) is 14.1. The molecule has 1 aromatic heterocycles. The number of hydrogen-bond donors (Lipinski definition) is 2. The number of aromatic nitrogens is 1. The second-order valence-electron chi connectivity index (χ2n) is 7.81. The lowest BCUT2D eigenvalue weighted by Gasteiger charge is -2.36. The van der Waals surface area contributed by atoms with Crippen molar-refractivity contribution in [2.45, 2.75) is 13.1 Å². The van der Waals surface area contributed by atoms with Crippen LogP contribution in [0.2, 0.25) is 0 Å². The molecular formula is C23H22F3N5O2S. The van der Waals surface area contributed by atoms with Gasteiger partial charge in [0.1, 0.15) is 5.69 Å². The van der Waals surface area contributed by atoms with E-state index in [0.29, 0.717) is 37.6 Å². The largest absolute Gasteiger partial charge is 0.416 e. The summed E-state index contributed by atoms with van der Waals surface area (Å²) in [5.74, 6) is -0.285. The maximum atomic E-state index is 13.0. The Morgan fingerprint density at radius 3 is 2.38 bits per heavy atom. The zero-order valence-corrected chi connectivity index (χ0v) is 19.0. The third-order valence-electron chi connectivity index (χ3n) is 5.36. The number of amides is 3. The summed E-state index contributed by atoms with van der Waals surface area (Å²) in [6.45, 7) is 3.46. The molecule has 2 N–H and O–H groups in total. The number of alkyl halides is 3. The molecule has 3 amide bonds. The van der Waals surface area contributed by atoms with Gasteiger partial charge in [0.25, 0.3) is 5.91 Å². The Balaban J connectivity index is 1.31. The highest BCUT2D eigenvalue weighted by molar-refractivity contribution is 7.14. The molecule has 11 heteroatoms. The second-order valence-corrected chi connectivity index (χ2v) is 8.67. The highest BCUT2D eigenvalue weighted by atomic mass is 32.1. The van der Waals surface area contributed by atoms with E-state index in [1.807, 2.05) is 24.0 Å². The van der Waals surface area contributed by atoms with Crippen LogP contribution in [0.15, 0.2) is 53.9 Å². The van der Waals surface area contributed by atoms with Crippen LogP contribution in [0.25, 0.3) is 0 Å². The number of nitrogens with one attached hydrogen (secondary N) is 2. The molecule has 178 valence electrons. The molecule has 3 aromatic rings. The lowest BCUT2D eigenvalue weighted by Crippen LogP contribution is -2.49. The maximum absolute atomic E-state index is 13.0. The first kappa shape index (κ1) is 23.6. The van der Waals surface area contributed by atoms with Gasteiger partial charge in [0.2, 0.25) is 0 Å². The van der Waals surface area contributed by atoms with Crippen molar-refractivity contribution < 1.29 is 22.8 Å². The average molecular weight is 490 g/mol. The first-order valence-electron chi connectivity index (χ1n) is 10.5. The van der Waals surface area contributed by atoms with Crippen molar-refractivity contribution in [1.29, 1.82) is 0 Å². The van der Waals surface area contributed by atoms with Crippen molar-refractivity contribution >= 4 is 39.8 Å². The summed E-state index contributed by atoms with van der Waals surface area (Å²) < 4.78 is 39.0.